The fourth-order valence-electron chi connectivity index (χ4n) is 2.56. The first-order valence-corrected chi connectivity index (χ1v) is 9.44. The molecule has 21 heavy (non-hydrogen) atoms. The Labute approximate surface area is 129 Å². The van der Waals surface area contributed by atoms with Crippen LogP contribution in [0.15, 0.2) is 0 Å². The minimum absolute atomic E-state index is 0.149. The minimum Gasteiger partial charge on any atom is -0.383 e. The van der Waals surface area contributed by atoms with Crippen molar-refractivity contribution < 1.29 is 13.2 Å². The molecule has 1 aliphatic rings. The summed E-state index contributed by atoms with van der Waals surface area (Å²) in [6, 6.07) is -0.149. The van der Waals surface area contributed by atoms with Gasteiger partial charge in [0.2, 0.25) is 0 Å². The molecule has 0 bridgehead atoms. The van der Waals surface area contributed by atoms with Crippen LogP contribution in [0.5, 0.6) is 0 Å². The van der Waals surface area contributed by atoms with Gasteiger partial charge in [-0.05, 0) is 44.7 Å². The molecule has 0 aliphatic carbocycles. The summed E-state index contributed by atoms with van der Waals surface area (Å²) < 4.78 is 34.0. The summed E-state index contributed by atoms with van der Waals surface area (Å²) in [4.78, 5) is 0. The van der Waals surface area contributed by atoms with Crippen LogP contribution in [-0.4, -0.2) is 58.7 Å². The predicted octanol–water partition coefficient (Wildman–Crippen LogP) is 0.957. The van der Waals surface area contributed by atoms with Crippen LogP contribution in [-0.2, 0) is 14.9 Å². The molecular formula is C14H31N3O3S. The van der Waals surface area contributed by atoms with Crippen molar-refractivity contribution in [2.24, 2.45) is 5.92 Å². The average Bonchev–Trinajstić information content (AvgIpc) is 2.47. The van der Waals surface area contributed by atoms with Gasteiger partial charge in [0.15, 0.2) is 0 Å². The van der Waals surface area contributed by atoms with E-state index in [1.807, 2.05) is 6.92 Å². The molecule has 1 rings (SSSR count). The first kappa shape index (κ1) is 18.8. The number of nitrogens with one attached hydrogen (secondary N) is 2. The Morgan fingerprint density at radius 3 is 2.48 bits per heavy atom. The topological polar surface area (TPSA) is 70.7 Å². The van der Waals surface area contributed by atoms with E-state index in [0.29, 0.717) is 25.6 Å². The molecule has 6 nitrogen and oxygen atoms in total. The van der Waals surface area contributed by atoms with Crippen molar-refractivity contribution in [1.82, 2.24) is 14.3 Å². The Hall–Kier alpha value is -0.210. The van der Waals surface area contributed by atoms with Gasteiger partial charge in [0.05, 0.1) is 6.61 Å². The summed E-state index contributed by atoms with van der Waals surface area (Å²) in [5.41, 5.74) is 0. The van der Waals surface area contributed by atoms with Gasteiger partial charge in [0.25, 0.3) is 10.2 Å². The van der Waals surface area contributed by atoms with E-state index in [1.165, 1.54) is 0 Å². The normalized spacial score (nSPS) is 19.8. The van der Waals surface area contributed by atoms with Gasteiger partial charge < -0.3 is 10.1 Å². The third-order valence-electron chi connectivity index (χ3n) is 3.95. The Bertz CT molecular complexity index is 368. The zero-order chi connectivity index (χ0) is 15.7. The molecule has 0 aromatic carbocycles. The summed E-state index contributed by atoms with van der Waals surface area (Å²) in [5, 5.41) is 3.42. The Morgan fingerprint density at radius 2 is 1.95 bits per heavy atom. The second-order valence-electron chi connectivity index (χ2n) is 5.73. The second-order valence-corrected chi connectivity index (χ2v) is 7.43. The van der Waals surface area contributed by atoms with Crippen molar-refractivity contribution in [3.05, 3.63) is 0 Å². The number of methoxy groups -OCH3 is 1. The summed E-state index contributed by atoms with van der Waals surface area (Å²) in [5.74, 6) is 0.587. The van der Waals surface area contributed by atoms with Crippen molar-refractivity contribution >= 4 is 10.2 Å². The highest BCUT2D eigenvalue weighted by Crippen LogP contribution is 2.18. The number of piperidine rings is 1. The average molecular weight is 321 g/mol. The molecule has 1 atom stereocenters. The monoisotopic (exact) mass is 321 g/mol. The van der Waals surface area contributed by atoms with Crippen LogP contribution >= 0.6 is 0 Å². The SMILES string of the molecule is CCCNCC1CCN(S(=O)(=O)NC(CC)COC)CC1. The van der Waals surface area contributed by atoms with Gasteiger partial charge in [-0.3, -0.25) is 0 Å². The van der Waals surface area contributed by atoms with Crippen LogP contribution in [0.4, 0.5) is 0 Å². The molecule has 0 spiro atoms. The first-order valence-electron chi connectivity index (χ1n) is 8.00. The molecule has 7 heteroatoms. The van der Waals surface area contributed by atoms with Gasteiger partial charge in [0, 0.05) is 26.2 Å². The van der Waals surface area contributed by atoms with Crippen LogP contribution in [0.2, 0.25) is 0 Å². The summed E-state index contributed by atoms with van der Waals surface area (Å²) in [7, 11) is -1.79. The Balaban J connectivity index is 2.41. The van der Waals surface area contributed by atoms with Crippen LogP contribution < -0.4 is 10.0 Å². The molecular weight excluding hydrogens is 290 g/mol. The minimum atomic E-state index is -3.38. The molecule has 1 unspecified atom stereocenters. The molecule has 1 fully saturated rings. The van der Waals surface area contributed by atoms with E-state index in [1.54, 1.807) is 11.4 Å². The maximum absolute atomic E-state index is 12.3. The van der Waals surface area contributed by atoms with Gasteiger partial charge in [-0.1, -0.05) is 13.8 Å². The smallest absolute Gasteiger partial charge is 0.279 e. The standard InChI is InChI=1S/C14H31N3O3S/c1-4-8-15-11-13-6-9-17(10-7-13)21(18,19)16-14(5-2)12-20-3/h13-16H,4-12H2,1-3H3. The maximum atomic E-state index is 12.3. The summed E-state index contributed by atoms with van der Waals surface area (Å²) in [6.07, 6.45) is 3.72. The van der Waals surface area contributed by atoms with Crippen molar-refractivity contribution in [2.45, 2.75) is 45.6 Å². The molecule has 0 amide bonds. The predicted molar refractivity (Wildman–Crippen MR) is 85.5 cm³/mol. The number of nitrogens with zero attached hydrogens (tertiary/aromatic N) is 1. The zero-order valence-electron chi connectivity index (χ0n) is 13.6. The van der Waals surface area contributed by atoms with E-state index in [9.17, 15) is 8.42 Å². The van der Waals surface area contributed by atoms with Gasteiger partial charge >= 0.3 is 0 Å². The summed E-state index contributed by atoms with van der Waals surface area (Å²) >= 11 is 0. The second kappa shape index (κ2) is 9.74. The molecule has 0 aromatic rings. The van der Waals surface area contributed by atoms with E-state index in [0.717, 1.165) is 38.8 Å². The third kappa shape index (κ3) is 6.61. The molecule has 1 aliphatic heterocycles. The number of hydrogen-bond acceptors (Lipinski definition) is 4. The molecule has 2 N–H and O–H groups in total. The van der Waals surface area contributed by atoms with Crippen molar-refractivity contribution in [3.63, 3.8) is 0 Å². The number of rotatable bonds is 10. The highest BCUT2D eigenvalue weighted by Gasteiger charge is 2.29. The fraction of sp³-hybridized carbons (Fsp3) is 1.00. The van der Waals surface area contributed by atoms with Gasteiger partial charge in [-0.25, -0.2) is 0 Å². The van der Waals surface area contributed by atoms with Gasteiger partial charge in [0.1, 0.15) is 0 Å². The lowest BCUT2D eigenvalue weighted by Crippen LogP contribution is -2.49. The van der Waals surface area contributed by atoms with Crippen molar-refractivity contribution in [2.75, 3.05) is 39.9 Å². The lowest BCUT2D eigenvalue weighted by molar-refractivity contribution is 0.171. The highest BCUT2D eigenvalue weighted by atomic mass is 32.2. The van der Waals surface area contributed by atoms with E-state index in [2.05, 4.69) is 17.0 Å². The molecule has 0 radical (unpaired) electrons. The molecule has 1 saturated heterocycles. The molecule has 0 saturated carbocycles. The first-order chi connectivity index (χ1) is 10.0. The quantitative estimate of drug-likeness (QED) is 0.588. The van der Waals surface area contributed by atoms with Gasteiger partial charge in [-0.2, -0.15) is 17.4 Å². The molecule has 126 valence electrons. The summed E-state index contributed by atoms with van der Waals surface area (Å²) in [6.45, 7) is 7.77. The fourth-order valence-corrected chi connectivity index (χ4v) is 4.05. The van der Waals surface area contributed by atoms with Crippen molar-refractivity contribution in [1.29, 1.82) is 0 Å². The van der Waals surface area contributed by atoms with Crippen molar-refractivity contribution in [3.8, 4) is 0 Å². The lowest BCUT2D eigenvalue weighted by atomic mass is 9.98. The Kier molecular flexibility index (Phi) is 8.73. The largest absolute Gasteiger partial charge is 0.383 e. The van der Waals surface area contributed by atoms with E-state index in [-0.39, 0.29) is 6.04 Å². The van der Waals surface area contributed by atoms with E-state index in [4.69, 9.17) is 4.74 Å². The number of ether oxygens (including phenoxy) is 1. The van der Waals surface area contributed by atoms with E-state index < -0.39 is 10.2 Å². The third-order valence-corrected chi connectivity index (χ3v) is 5.63. The highest BCUT2D eigenvalue weighted by molar-refractivity contribution is 7.87. The van der Waals surface area contributed by atoms with Crippen LogP contribution in [0, 0.1) is 5.92 Å². The van der Waals surface area contributed by atoms with Crippen LogP contribution in [0.3, 0.4) is 0 Å². The van der Waals surface area contributed by atoms with Crippen LogP contribution in [0.25, 0.3) is 0 Å². The lowest BCUT2D eigenvalue weighted by Gasteiger charge is -2.32. The van der Waals surface area contributed by atoms with E-state index >= 15 is 0 Å². The van der Waals surface area contributed by atoms with Gasteiger partial charge in [-0.15, -0.1) is 0 Å². The number of hydrogen-bond donors (Lipinski definition) is 2. The zero-order valence-corrected chi connectivity index (χ0v) is 14.4. The Morgan fingerprint density at radius 1 is 1.29 bits per heavy atom. The van der Waals surface area contributed by atoms with Crippen LogP contribution in [0.1, 0.15) is 39.5 Å². The maximum Gasteiger partial charge on any atom is 0.279 e. The molecule has 1 heterocycles. The molecule has 0 aromatic heterocycles.